The van der Waals surface area contributed by atoms with E-state index in [1.54, 1.807) is 12.4 Å². The molecule has 82 valence electrons. The summed E-state index contributed by atoms with van der Waals surface area (Å²) >= 11 is 9.30. The topological polar surface area (TPSA) is 29.0 Å². The Hall–Kier alpha value is -0.350. The fraction of sp³-hybridized carbons (Fsp3) is 0.600. The van der Waals surface area contributed by atoms with E-state index in [0.717, 1.165) is 23.4 Å². The van der Waals surface area contributed by atoms with E-state index in [1.807, 2.05) is 0 Å². The second kappa shape index (κ2) is 4.66. The number of halogens is 2. The van der Waals surface area contributed by atoms with Gasteiger partial charge in [-0.25, -0.2) is 9.97 Å². The zero-order valence-electron chi connectivity index (χ0n) is 8.53. The van der Waals surface area contributed by atoms with E-state index >= 15 is 0 Å². The summed E-state index contributed by atoms with van der Waals surface area (Å²) in [4.78, 5) is 10.8. The second-order valence-electron chi connectivity index (χ2n) is 3.88. The van der Waals surface area contributed by atoms with Gasteiger partial charge < -0.3 is 4.90 Å². The maximum atomic E-state index is 5.97. The van der Waals surface area contributed by atoms with E-state index in [0.29, 0.717) is 17.8 Å². The molecule has 1 aromatic heterocycles. The third-order valence-corrected chi connectivity index (χ3v) is 3.63. The molecule has 3 nitrogen and oxygen atoms in total. The lowest BCUT2D eigenvalue weighted by Gasteiger charge is -2.24. The summed E-state index contributed by atoms with van der Waals surface area (Å²) in [7, 11) is 0. The molecule has 0 aliphatic carbocycles. The van der Waals surface area contributed by atoms with Crippen molar-refractivity contribution >= 4 is 33.5 Å². The van der Waals surface area contributed by atoms with Gasteiger partial charge in [0.15, 0.2) is 0 Å². The normalized spacial score (nSPS) is 25.9. The Morgan fingerprint density at radius 1 is 1.53 bits per heavy atom. The fourth-order valence-corrected chi connectivity index (χ4v) is 2.62. The molecule has 2 unspecified atom stereocenters. The van der Waals surface area contributed by atoms with Crippen LogP contribution in [0.3, 0.4) is 0 Å². The van der Waals surface area contributed by atoms with Gasteiger partial charge in [0.25, 0.3) is 0 Å². The van der Waals surface area contributed by atoms with Crippen LogP contribution in [-0.2, 0) is 0 Å². The Labute approximate surface area is 103 Å². The molecule has 5 heteroatoms. The first-order valence-corrected chi connectivity index (χ1v) is 6.35. The smallest absolute Gasteiger partial charge is 0.225 e. The molecule has 1 aliphatic heterocycles. The molecule has 0 radical (unpaired) electrons. The lowest BCUT2D eigenvalue weighted by atomic mass is 10.1. The first kappa shape index (κ1) is 11.1. The van der Waals surface area contributed by atoms with Crippen molar-refractivity contribution in [3.8, 4) is 0 Å². The monoisotopic (exact) mass is 289 g/mol. The molecule has 15 heavy (non-hydrogen) atoms. The fourth-order valence-electron chi connectivity index (χ4n) is 1.95. The van der Waals surface area contributed by atoms with Crippen molar-refractivity contribution in [1.82, 2.24) is 9.97 Å². The van der Waals surface area contributed by atoms with Crippen molar-refractivity contribution in [2.24, 2.45) is 5.92 Å². The van der Waals surface area contributed by atoms with Crippen molar-refractivity contribution in [3.05, 3.63) is 16.9 Å². The molecule has 2 atom stereocenters. The number of hydrogen-bond donors (Lipinski definition) is 0. The van der Waals surface area contributed by atoms with E-state index in [4.69, 9.17) is 11.6 Å². The average molecular weight is 291 g/mol. The molecule has 1 aliphatic rings. The van der Waals surface area contributed by atoms with Crippen LogP contribution in [0.2, 0.25) is 0 Å². The molecule has 1 aromatic rings. The molecule has 1 fully saturated rings. The van der Waals surface area contributed by atoms with E-state index in [-0.39, 0.29) is 0 Å². The molecule has 0 aromatic carbocycles. The van der Waals surface area contributed by atoms with Crippen LogP contribution in [-0.4, -0.2) is 28.4 Å². The third-order valence-electron chi connectivity index (χ3n) is 2.90. The highest BCUT2D eigenvalue weighted by Crippen LogP contribution is 2.28. The molecule has 0 amide bonds. The quantitative estimate of drug-likeness (QED) is 0.784. The van der Waals surface area contributed by atoms with Crippen LogP contribution >= 0.6 is 27.5 Å². The van der Waals surface area contributed by atoms with Gasteiger partial charge in [-0.2, -0.15) is 0 Å². The van der Waals surface area contributed by atoms with E-state index < -0.39 is 0 Å². The number of alkyl halides is 1. The minimum Gasteiger partial charge on any atom is -0.336 e. The van der Waals surface area contributed by atoms with Gasteiger partial charge in [0.1, 0.15) is 0 Å². The summed E-state index contributed by atoms with van der Waals surface area (Å²) in [6.07, 6.45) is 4.71. The molecule has 0 saturated carbocycles. The summed E-state index contributed by atoms with van der Waals surface area (Å²) in [6, 6.07) is 0.368. The van der Waals surface area contributed by atoms with Gasteiger partial charge in [-0.15, -0.1) is 11.6 Å². The van der Waals surface area contributed by atoms with Gasteiger partial charge in [-0.1, -0.05) is 6.92 Å². The third kappa shape index (κ3) is 2.26. The van der Waals surface area contributed by atoms with Crippen molar-refractivity contribution < 1.29 is 0 Å². The van der Waals surface area contributed by atoms with E-state index in [2.05, 4.69) is 37.7 Å². The summed E-state index contributed by atoms with van der Waals surface area (Å²) < 4.78 is 0.904. The Balaban J connectivity index is 2.20. The second-order valence-corrected chi connectivity index (χ2v) is 5.11. The first-order chi connectivity index (χ1) is 7.22. The Morgan fingerprint density at radius 3 is 2.80 bits per heavy atom. The summed E-state index contributed by atoms with van der Waals surface area (Å²) in [6.45, 7) is 3.23. The van der Waals surface area contributed by atoms with E-state index in [9.17, 15) is 0 Å². The standard InChI is InChI=1S/C10H13BrClN3/c1-7-2-3-15(9(7)4-12)10-13-5-8(11)6-14-10/h5-7,9H,2-4H2,1H3. The average Bonchev–Trinajstić information content (AvgIpc) is 2.61. The van der Waals surface area contributed by atoms with Gasteiger partial charge in [-0.3, -0.25) is 0 Å². The number of rotatable bonds is 2. The minimum absolute atomic E-state index is 0.368. The molecule has 0 bridgehead atoms. The minimum atomic E-state index is 0.368. The molecule has 0 spiro atoms. The van der Waals surface area contributed by atoms with Gasteiger partial charge >= 0.3 is 0 Å². The van der Waals surface area contributed by atoms with Gasteiger partial charge in [-0.05, 0) is 28.3 Å². The maximum absolute atomic E-state index is 5.97. The summed E-state index contributed by atoms with van der Waals surface area (Å²) in [5.74, 6) is 2.04. The molecule has 2 heterocycles. The lowest BCUT2D eigenvalue weighted by molar-refractivity contribution is 0.546. The van der Waals surface area contributed by atoms with Gasteiger partial charge in [0, 0.05) is 30.9 Å². The van der Waals surface area contributed by atoms with Crippen LogP contribution < -0.4 is 4.90 Å². The molecular weight excluding hydrogens is 277 g/mol. The van der Waals surface area contributed by atoms with Crippen LogP contribution in [0.5, 0.6) is 0 Å². The van der Waals surface area contributed by atoms with Crippen molar-refractivity contribution in [2.45, 2.75) is 19.4 Å². The van der Waals surface area contributed by atoms with Crippen LogP contribution in [0.1, 0.15) is 13.3 Å². The van der Waals surface area contributed by atoms with Crippen LogP contribution in [0.25, 0.3) is 0 Å². The first-order valence-electron chi connectivity index (χ1n) is 5.02. The predicted octanol–water partition coefficient (Wildman–Crippen LogP) is 2.69. The van der Waals surface area contributed by atoms with Crippen LogP contribution in [0.15, 0.2) is 16.9 Å². The van der Waals surface area contributed by atoms with Gasteiger partial charge in [0.05, 0.1) is 4.47 Å². The zero-order chi connectivity index (χ0) is 10.8. The van der Waals surface area contributed by atoms with Crippen LogP contribution in [0, 0.1) is 5.92 Å². The molecule has 2 rings (SSSR count). The van der Waals surface area contributed by atoms with Crippen LogP contribution in [0.4, 0.5) is 5.95 Å². The highest BCUT2D eigenvalue weighted by atomic mass is 79.9. The molecule has 1 saturated heterocycles. The number of nitrogens with zero attached hydrogens (tertiary/aromatic N) is 3. The SMILES string of the molecule is CC1CCN(c2ncc(Br)cn2)C1CCl. The highest BCUT2D eigenvalue weighted by molar-refractivity contribution is 9.10. The van der Waals surface area contributed by atoms with Crippen molar-refractivity contribution in [2.75, 3.05) is 17.3 Å². The number of anilines is 1. The lowest BCUT2D eigenvalue weighted by Crippen LogP contribution is -2.34. The maximum Gasteiger partial charge on any atom is 0.225 e. The largest absolute Gasteiger partial charge is 0.336 e. The highest BCUT2D eigenvalue weighted by Gasteiger charge is 2.31. The zero-order valence-corrected chi connectivity index (χ0v) is 10.9. The Bertz CT molecular complexity index is 330. The predicted molar refractivity (Wildman–Crippen MR) is 65.4 cm³/mol. The van der Waals surface area contributed by atoms with Gasteiger partial charge in [0.2, 0.25) is 5.95 Å². The summed E-state index contributed by atoms with van der Waals surface area (Å²) in [5.41, 5.74) is 0. The van der Waals surface area contributed by atoms with Crippen molar-refractivity contribution in [3.63, 3.8) is 0 Å². The summed E-state index contributed by atoms with van der Waals surface area (Å²) in [5, 5.41) is 0. The Morgan fingerprint density at radius 2 is 2.20 bits per heavy atom. The number of hydrogen-bond acceptors (Lipinski definition) is 3. The molecular formula is C10H13BrClN3. The molecule has 0 N–H and O–H groups in total. The number of aromatic nitrogens is 2. The van der Waals surface area contributed by atoms with Crippen molar-refractivity contribution in [1.29, 1.82) is 0 Å². The Kier molecular flexibility index (Phi) is 3.46. The van der Waals surface area contributed by atoms with E-state index in [1.165, 1.54) is 0 Å².